The van der Waals surface area contributed by atoms with E-state index in [0.29, 0.717) is 0 Å². The predicted molar refractivity (Wildman–Crippen MR) is 50.4 cm³/mol. The molecule has 0 atom stereocenters. The molecule has 68 valence electrons. The number of phenols is 1. The Kier molecular flexibility index (Phi) is 1.88. The fourth-order valence-corrected chi connectivity index (χ4v) is 1.57. The van der Waals surface area contributed by atoms with E-state index in [2.05, 4.69) is 10.5 Å². The van der Waals surface area contributed by atoms with Gasteiger partial charge in [0.25, 0.3) is 0 Å². The first kappa shape index (κ1) is 8.04. The largest absolute Gasteiger partial charge is 0.505 e. The summed E-state index contributed by atoms with van der Waals surface area (Å²) in [7, 11) is 0. The number of hydrogen-bond donors (Lipinski definition) is 2. The Bertz CT molecular complexity index is 350. The highest BCUT2D eigenvalue weighted by Crippen LogP contribution is 2.34. The van der Waals surface area contributed by atoms with Gasteiger partial charge in [0.1, 0.15) is 11.4 Å². The number of aryl methyl sites for hydroxylation is 1. The first-order chi connectivity index (χ1) is 6.31. The standard InChI is InChI=1S/C9H10N2O2/c12-9-5-7-6(2-1-3-10-7)4-8(9)11-13/h4-5,10,12H,1-3H2. The van der Waals surface area contributed by atoms with Crippen molar-refractivity contribution in [3.8, 4) is 5.75 Å². The van der Waals surface area contributed by atoms with Gasteiger partial charge in [0.05, 0.1) is 0 Å². The Morgan fingerprint density at radius 3 is 3.08 bits per heavy atom. The summed E-state index contributed by atoms with van der Waals surface area (Å²) in [6.45, 7) is 0.917. The molecule has 1 aromatic rings. The second-order valence-electron chi connectivity index (χ2n) is 3.12. The molecule has 4 heteroatoms. The number of anilines is 1. The third-order valence-electron chi connectivity index (χ3n) is 2.24. The van der Waals surface area contributed by atoms with Crippen LogP contribution in [0.15, 0.2) is 17.3 Å². The number of nitroso groups, excluding NO2 is 1. The van der Waals surface area contributed by atoms with Crippen molar-refractivity contribution in [3.05, 3.63) is 22.6 Å². The number of aromatic hydroxyl groups is 1. The average molecular weight is 178 g/mol. The van der Waals surface area contributed by atoms with Crippen LogP contribution in [0.2, 0.25) is 0 Å². The molecular formula is C9H10N2O2. The van der Waals surface area contributed by atoms with Crippen LogP contribution in [0, 0.1) is 4.91 Å². The van der Waals surface area contributed by atoms with Gasteiger partial charge in [-0.1, -0.05) is 0 Å². The highest BCUT2D eigenvalue weighted by molar-refractivity contribution is 5.65. The first-order valence-corrected chi connectivity index (χ1v) is 4.24. The van der Waals surface area contributed by atoms with E-state index in [-0.39, 0.29) is 11.4 Å². The summed E-state index contributed by atoms with van der Waals surface area (Å²) >= 11 is 0. The van der Waals surface area contributed by atoms with Gasteiger partial charge in [0, 0.05) is 18.3 Å². The highest BCUT2D eigenvalue weighted by Gasteiger charge is 2.12. The fraction of sp³-hybridized carbons (Fsp3) is 0.333. The van der Waals surface area contributed by atoms with Gasteiger partial charge in [-0.25, -0.2) is 0 Å². The number of fused-ring (bicyclic) bond motifs is 1. The fourth-order valence-electron chi connectivity index (χ4n) is 1.57. The number of benzene rings is 1. The molecule has 0 aromatic heterocycles. The van der Waals surface area contributed by atoms with Crippen molar-refractivity contribution in [2.75, 3.05) is 11.9 Å². The maximum Gasteiger partial charge on any atom is 0.150 e. The molecule has 1 aliphatic rings. The second kappa shape index (κ2) is 3.05. The number of nitrogens with one attached hydrogen (secondary N) is 1. The van der Waals surface area contributed by atoms with Crippen molar-refractivity contribution in [1.82, 2.24) is 0 Å². The van der Waals surface area contributed by atoms with Gasteiger partial charge in [-0.2, -0.15) is 0 Å². The smallest absolute Gasteiger partial charge is 0.150 e. The average Bonchev–Trinajstić information content (AvgIpc) is 2.17. The van der Waals surface area contributed by atoms with Crippen LogP contribution in [-0.2, 0) is 6.42 Å². The maximum absolute atomic E-state index is 10.3. The summed E-state index contributed by atoms with van der Waals surface area (Å²) in [6, 6.07) is 3.20. The lowest BCUT2D eigenvalue weighted by Crippen LogP contribution is -2.11. The molecule has 0 aliphatic carbocycles. The van der Waals surface area contributed by atoms with Crippen LogP contribution in [-0.4, -0.2) is 11.7 Å². The summed E-state index contributed by atoms with van der Waals surface area (Å²) in [4.78, 5) is 10.3. The molecule has 0 amide bonds. The molecular weight excluding hydrogens is 168 g/mol. The molecule has 2 rings (SSSR count). The van der Waals surface area contributed by atoms with Crippen LogP contribution in [0.5, 0.6) is 5.75 Å². The SMILES string of the molecule is O=Nc1cc2c(cc1O)NCCC2. The van der Waals surface area contributed by atoms with Gasteiger partial charge in [0.2, 0.25) is 0 Å². The van der Waals surface area contributed by atoms with Crippen LogP contribution in [0.4, 0.5) is 11.4 Å². The summed E-state index contributed by atoms with van der Waals surface area (Å²) in [5.41, 5.74) is 2.09. The number of nitrogens with zero attached hydrogens (tertiary/aromatic N) is 1. The Hall–Kier alpha value is -1.58. The zero-order valence-electron chi connectivity index (χ0n) is 7.08. The van der Waals surface area contributed by atoms with Gasteiger partial charge >= 0.3 is 0 Å². The Morgan fingerprint density at radius 2 is 2.31 bits per heavy atom. The van der Waals surface area contributed by atoms with Crippen LogP contribution >= 0.6 is 0 Å². The minimum Gasteiger partial charge on any atom is -0.505 e. The topological polar surface area (TPSA) is 61.7 Å². The number of hydrogen-bond acceptors (Lipinski definition) is 4. The van der Waals surface area contributed by atoms with E-state index in [1.165, 1.54) is 0 Å². The molecule has 0 spiro atoms. The zero-order valence-corrected chi connectivity index (χ0v) is 7.08. The first-order valence-electron chi connectivity index (χ1n) is 4.24. The molecule has 0 radical (unpaired) electrons. The normalized spacial score (nSPS) is 14.5. The number of rotatable bonds is 1. The predicted octanol–water partition coefficient (Wildman–Crippen LogP) is 2.15. The van der Waals surface area contributed by atoms with Gasteiger partial charge in [-0.15, -0.1) is 4.91 Å². The van der Waals surface area contributed by atoms with Crippen LogP contribution in [0.3, 0.4) is 0 Å². The van der Waals surface area contributed by atoms with E-state index in [0.717, 1.165) is 30.6 Å². The van der Waals surface area contributed by atoms with Crippen LogP contribution in [0.1, 0.15) is 12.0 Å². The van der Waals surface area contributed by atoms with Crippen molar-refractivity contribution < 1.29 is 5.11 Å². The molecule has 1 aliphatic heterocycles. The Morgan fingerprint density at radius 1 is 1.46 bits per heavy atom. The van der Waals surface area contributed by atoms with Gasteiger partial charge in [-0.3, -0.25) is 0 Å². The molecule has 0 bridgehead atoms. The summed E-state index contributed by atoms with van der Waals surface area (Å²) in [6.07, 6.45) is 1.99. The van der Waals surface area contributed by atoms with Crippen molar-refractivity contribution >= 4 is 11.4 Å². The maximum atomic E-state index is 10.3. The molecule has 0 fully saturated rings. The monoisotopic (exact) mass is 178 g/mol. The van der Waals surface area contributed by atoms with Crippen molar-refractivity contribution in [2.45, 2.75) is 12.8 Å². The molecule has 2 N–H and O–H groups in total. The Labute approximate surface area is 75.6 Å². The molecule has 0 unspecified atom stereocenters. The Balaban J connectivity index is 2.50. The van der Waals surface area contributed by atoms with Crippen LogP contribution in [0.25, 0.3) is 0 Å². The lowest BCUT2D eigenvalue weighted by Gasteiger charge is -2.18. The van der Waals surface area contributed by atoms with Crippen LogP contribution < -0.4 is 5.32 Å². The van der Waals surface area contributed by atoms with E-state index in [1.54, 1.807) is 12.1 Å². The van der Waals surface area contributed by atoms with Crippen molar-refractivity contribution in [1.29, 1.82) is 0 Å². The molecule has 0 saturated carbocycles. The van der Waals surface area contributed by atoms with E-state index >= 15 is 0 Å². The molecule has 0 saturated heterocycles. The minimum atomic E-state index is -0.0526. The van der Waals surface area contributed by atoms with E-state index in [4.69, 9.17) is 0 Å². The third kappa shape index (κ3) is 1.35. The van der Waals surface area contributed by atoms with Crippen molar-refractivity contribution in [3.63, 3.8) is 0 Å². The summed E-state index contributed by atoms with van der Waals surface area (Å²) < 4.78 is 0. The summed E-state index contributed by atoms with van der Waals surface area (Å²) in [5.74, 6) is -0.0526. The lowest BCUT2D eigenvalue weighted by molar-refractivity contribution is 0.476. The van der Waals surface area contributed by atoms with E-state index in [9.17, 15) is 10.0 Å². The van der Waals surface area contributed by atoms with Gasteiger partial charge in [0.15, 0.2) is 0 Å². The zero-order chi connectivity index (χ0) is 9.26. The third-order valence-corrected chi connectivity index (χ3v) is 2.24. The molecule has 13 heavy (non-hydrogen) atoms. The molecule has 1 heterocycles. The van der Waals surface area contributed by atoms with Gasteiger partial charge < -0.3 is 10.4 Å². The van der Waals surface area contributed by atoms with E-state index in [1.807, 2.05) is 0 Å². The lowest BCUT2D eigenvalue weighted by atomic mass is 10.0. The number of phenolic OH excluding ortho intramolecular Hbond substituents is 1. The van der Waals surface area contributed by atoms with E-state index < -0.39 is 0 Å². The van der Waals surface area contributed by atoms with Crippen molar-refractivity contribution in [2.24, 2.45) is 5.18 Å². The highest BCUT2D eigenvalue weighted by atomic mass is 16.3. The molecule has 4 nitrogen and oxygen atoms in total. The van der Waals surface area contributed by atoms with Gasteiger partial charge in [-0.05, 0) is 29.6 Å². The second-order valence-corrected chi connectivity index (χ2v) is 3.12. The quantitative estimate of drug-likeness (QED) is 0.647. The minimum absolute atomic E-state index is 0.0526. The summed E-state index contributed by atoms with van der Waals surface area (Å²) in [5, 5.41) is 15.2. The molecule has 1 aromatic carbocycles.